The number of ether oxygens (including phenoxy) is 1. The number of aromatic hydroxyl groups is 1. The maximum absolute atomic E-state index is 10.7. The van der Waals surface area contributed by atoms with Crippen LogP contribution in [0.25, 0.3) is 10.9 Å². The smallest absolute Gasteiger partial charge is 0.344 e. The lowest BCUT2D eigenvalue weighted by atomic mass is 10.2. The molecule has 112 valence electrons. The van der Waals surface area contributed by atoms with E-state index in [1.807, 2.05) is 0 Å². The highest BCUT2D eigenvalue weighted by molar-refractivity contribution is 8.01. The average molecular weight is 335 g/mol. The first-order valence-electron chi connectivity index (χ1n) is 6.02. The molecule has 0 aliphatic carbocycles. The van der Waals surface area contributed by atoms with Gasteiger partial charge in [-0.15, -0.1) is 0 Å². The zero-order valence-electron chi connectivity index (χ0n) is 11.2. The Balaban J connectivity index is 2.04. The largest absolute Gasteiger partial charge is 0.504 e. The molecule has 1 aromatic carbocycles. The van der Waals surface area contributed by atoms with Gasteiger partial charge < -0.3 is 9.84 Å². The fourth-order valence-electron chi connectivity index (χ4n) is 1.86. The Morgan fingerprint density at radius 1 is 1.41 bits per heavy atom. The SMILES string of the molecule is COc1cc2c(Sc3ncc([N+](=O)[O-])s3)ccnc2cc1O. The number of methoxy groups -OCH3 is 1. The van der Waals surface area contributed by atoms with Gasteiger partial charge in [0.2, 0.25) is 0 Å². The van der Waals surface area contributed by atoms with E-state index in [9.17, 15) is 15.2 Å². The maximum Gasteiger partial charge on any atom is 0.344 e. The first-order valence-corrected chi connectivity index (χ1v) is 7.65. The Hall–Kier alpha value is -2.39. The molecule has 7 nitrogen and oxygen atoms in total. The van der Waals surface area contributed by atoms with Crippen LogP contribution in [0.5, 0.6) is 11.5 Å². The molecule has 9 heteroatoms. The number of hydrogen-bond donors (Lipinski definition) is 1. The minimum absolute atomic E-state index is 0.00362. The molecule has 3 aromatic rings. The van der Waals surface area contributed by atoms with Crippen LogP contribution in [0.1, 0.15) is 0 Å². The predicted octanol–water partition coefficient (Wildman–Crippen LogP) is 3.46. The summed E-state index contributed by atoms with van der Waals surface area (Å²) in [5.74, 6) is 0.349. The molecule has 0 unspecified atom stereocenters. The Bertz CT molecular complexity index is 866. The molecular formula is C13H9N3O4S2. The molecule has 2 aromatic heterocycles. The Morgan fingerprint density at radius 2 is 2.23 bits per heavy atom. The van der Waals surface area contributed by atoms with Crippen LogP contribution in [0.3, 0.4) is 0 Å². The third-order valence-electron chi connectivity index (χ3n) is 2.85. The van der Waals surface area contributed by atoms with Gasteiger partial charge in [-0.2, -0.15) is 0 Å². The molecule has 0 aliphatic heterocycles. The van der Waals surface area contributed by atoms with Crippen LogP contribution in [0.15, 0.2) is 39.8 Å². The number of rotatable bonds is 4. The van der Waals surface area contributed by atoms with Crippen LogP contribution in [0.2, 0.25) is 0 Å². The van der Waals surface area contributed by atoms with Gasteiger partial charge in [0.05, 0.1) is 17.5 Å². The summed E-state index contributed by atoms with van der Waals surface area (Å²) < 4.78 is 5.67. The topological polar surface area (TPSA) is 98.4 Å². The molecular weight excluding hydrogens is 326 g/mol. The van der Waals surface area contributed by atoms with Gasteiger partial charge in [0.1, 0.15) is 6.20 Å². The first-order chi connectivity index (χ1) is 10.6. The van der Waals surface area contributed by atoms with Crippen molar-refractivity contribution < 1.29 is 14.8 Å². The number of hydrogen-bond acceptors (Lipinski definition) is 8. The summed E-state index contributed by atoms with van der Waals surface area (Å²) >= 11 is 2.32. The minimum Gasteiger partial charge on any atom is -0.504 e. The molecule has 0 fully saturated rings. The normalized spacial score (nSPS) is 10.8. The minimum atomic E-state index is -0.465. The summed E-state index contributed by atoms with van der Waals surface area (Å²) in [7, 11) is 1.47. The second-order valence-corrected chi connectivity index (χ2v) is 6.47. The number of aromatic nitrogens is 2. The van der Waals surface area contributed by atoms with Crippen molar-refractivity contribution in [3.63, 3.8) is 0 Å². The second-order valence-electron chi connectivity index (χ2n) is 4.17. The quantitative estimate of drug-likeness (QED) is 0.576. The summed E-state index contributed by atoms with van der Waals surface area (Å²) in [5, 5.41) is 21.3. The van der Waals surface area contributed by atoms with Crippen LogP contribution in [0, 0.1) is 10.1 Å². The number of thiazole rings is 1. The molecule has 3 rings (SSSR count). The van der Waals surface area contributed by atoms with Crippen LogP contribution in [-0.2, 0) is 0 Å². The number of fused-ring (bicyclic) bond motifs is 1. The van der Waals surface area contributed by atoms with Gasteiger partial charge in [-0.25, -0.2) is 4.98 Å². The first kappa shape index (κ1) is 14.5. The standard InChI is InChI=1S/C13H9N3O4S2/c1-20-10-4-7-8(5-9(10)17)14-3-2-11(7)21-13-15-6-12(22-13)16(18)19/h2-6,17H,1H3. The van der Waals surface area contributed by atoms with E-state index in [2.05, 4.69) is 9.97 Å². The molecule has 0 atom stereocenters. The van der Waals surface area contributed by atoms with Gasteiger partial charge in [0.15, 0.2) is 15.8 Å². The summed E-state index contributed by atoms with van der Waals surface area (Å²) in [5.41, 5.74) is 0.606. The summed E-state index contributed by atoms with van der Waals surface area (Å²) in [4.78, 5) is 19.3. The Labute approximate surface area is 132 Å². The van der Waals surface area contributed by atoms with Crippen molar-refractivity contribution in [2.75, 3.05) is 7.11 Å². The average Bonchev–Trinajstić information content (AvgIpc) is 2.95. The van der Waals surface area contributed by atoms with Crippen molar-refractivity contribution >= 4 is 39.0 Å². The fourth-order valence-corrected chi connectivity index (χ4v) is 3.72. The van der Waals surface area contributed by atoms with E-state index in [1.165, 1.54) is 31.1 Å². The lowest BCUT2D eigenvalue weighted by Gasteiger charge is -2.08. The van der Waals surface area contributed by atoms with Crippen LogP contribution >= 0.6 is 23.1 Å². The van der Waals surface area contributed by atoms with E-state index in [0.717, 1.165) is 21.6 Å². The van der Waals surface area contributed by atoms with Gasteiger partial charge in [-0.05, 0) is 23.5 Å². The third kappa shape index (κ3) is 2.68. The second kappa shape index (κ2) is 5.78. The maximum atomic E-state index is 10.7. The van der Waals surface area contributed by atoms with E-state index in [-0.39, 0.29) is 10.8 Å². The van der Waals surface area contributed by atoms with Gasteiger partial charge in [-0.1, -0.05) is 11.8 Å². The van der Waals surface area contributed by atoms with E-state index in [1.54, 1.807) is 18.3 Å². The highest BCUT2D eigenvalue weighted by atomic mass is 32.2. The molecule has 0 saturated heterocycles. The van der Waals surface area contributed by atoms with Crippen molar-refractivity contribution in [3.8, 4) is 11.5 Å². The lowest BCUT2D eigenvalue weighted by Crippen LogP contribution is -1.87. The van der Waals surface area contributed by atoms with Gasteiger partial charge in [-0.3, -0.25) is 15.1 Å². The number of phenols is 1. The lowest BCUT2D eigenvalue weighted by molar-refractivity contribution is -0.380. The Kier molecular flexibility index (Phi) is 3.82. The zero-order valence-corrected chi connectivity index (χ0v) is 12.8. The molecule has 0 amide bonds. The van der Waals surface area contributed by atoms with Crippen LogP contribution < -0.4 is 4.74 Å². The number of benzene rings is 1. The molecule has 22 heavy (non-hydrogen) atoms. The van der Waals surface area contributed by atoms with E-state index in [4.69, 9.17) is 4.74 Å². The summed E-state index contributed by atoms with van der Waals surface area (Å²) in [6.45, 7) is 0. The fraction of sp³-hybridized carbons (Fsp3) is 0.0769. The predicted molar refractivity (Wildman–Crippen MR) is 82.9 cm³/mol. The van der Waals surface area contributed by atoms with Gasteiger partial charge >= 0.3 is 5.00 Å². The number of phenolic OH excluding ortho intramolecular Hbond substituents is 1. The monoisotopic (exact) mass is 335 g/mol. The Morgan fingerprint density at radius 3 is 2.91 bits per heavy atom. The van der Waals surface area contributed by atoms with Crippen molar-refractivity contribution in [2.45, 2.75) is 9.24 Å². The highest BCUT2D eigenvalue weighted by Crippen LogP contribution is 2.39. The highest BCUT2D eigenvalue weighted by Gasteiger charge is 2.15. The van der Waals surface area contributed by atoms with Crippen molar-refractivity contribution in [1.82, 2.24) is 9.97 Å². The van der Waals surface area contributed by atoms with Gasteiger partial charge in [0.25, 0.3) is 0 Å². The summed E-state index contributed by atoms with van der Waals surface area (Å²) in [6, 6.07) is 4.99. The zero-order chi connectivity index (χ0) is 15.7. The van der Waals surface area contributed by atoms with Crippen molar-refractivity contribution in [1.29, 1.82) is 0 Å². The molecule has 2 heterocycles. The van der Waals surface area contributed by atoms with Crippen molar-refractivity contribution in [2.24, 2.45) is 0 Å². The van der Waals surface area contributed by atoms with E-state index in [0.29, 0.717) is 15.6 Å². The molecule has 0 aliphatic rings. The van der Waals surface area contributed by atoms with E-state index < -0.39 is 4.92 Å². The molecule has 0 bridgehead atoms. The molecule has 0 saturated carbocycles. The number of pyridine rings is 1. The van der Waals surface area contributed by atoms with Crippen LogP contribution in [0.4, 0.5) is 5.00 Å². The van der Waals surface area contributed by atoms with Crippen molar-refractivity contribution in [3.05, 3.63) is 40.7 Å². The third-order valence-corrected chi connectivity index (χ3v) is 4.95. The van der Waals surface area contributed by atoms with Gasteiger partial charge in [0, 0.05) is 22.5 Å². The molecule has 0 spiro atoms. The van der Waals surface area contributed by atoms with Crippen LogP contribution in [-0.4, -0.2) is 27.1 Å². The molecule has 1 N–H and O–H groups in total. The number of nitro groups is 1. The number of nitrogens with zero attached hydrogens (tertiary/aromatic N) is 3. The summed E-state index contributed by atoms with van der Waals surface area (Å²) in [6.07, 6.45) is 2.85. The molecule has 0 radical (unpaired) electrons. The van der Waals surface area contributed by atoms with E-state index >= 15 is 0 Å².